The van der Waals surface area contributed by atoms with Gasteiger partial charge in [-0.1, -0.05) is 24.3 Å². The predicted molar refractivity (Wildman–Crippen MR) is 131 cm³/mol. The molecule has 4 rings (SSSR count). The quantitative estimate of drug-likeness (QED) is 0.509. The fourth-order valence-electron chi connectivity index (χ4n) is 3.96. The zero-order chi connectivity index (χ0) is 26.0. The largest absolute Gasteiger partial charge is 0.463 e. The van der Waals surface area contributed by atoms with E-state index in [0.29, 0.717) is 11.1 Å². The van der Waals surface area contributed by atoms with Crippen molar-refractivity contribution >= 4 is 40.7 Å². The summed E-state index contributed by atoms with van der Waals surface area (Å²) in [6, 6.07) is 10.8. The number of nitrogens with zero attached hydrogens (tertiary/aromatic N) is 1. The lowest BCUT2D eigenvalue weighted by Gasteiger charge is -2.27. The Balaban J connectivity index is 2.10. The van der Waals surface area contributed by atoms with Crippen LogP contribution < -0.4 is 20.5 Å². The van der Waals surface area contributed by atoms with Gasteiger partial charge in [0, 0.05) is 0 Å². The number of carbonyl (C=O) groups is 2. The summed E-state index contributed by atoms with van der Waals surface area (Å²) in [5.41, 5.74) is 6.63. The molecule has 0 saturated carbocycles. The third kappa shape index (κ3) is 4.59. The third-order valence-electron chi connectivity index (χ3n) is 5.51. The number of nitrogens with two attached hydrogens (primary N) is 1. The summed E-state index contributed by atoms with van der Waals surface area (Å²) in [5.74, 6) is -3.79. The Labute approximate surface area is 208 Å². The molecule has 36 heavy (non-hydrogen) atoms. The van der Waals surface area contributed by atoms with Gasteiger partial charge >= 0.3 is 11.9 Å². The smallest absolute Gasteiger partial charge is 0.338 e. The van der Waals surface area contributed by atoms with E-state index in [4.69, 9.17) is 15.2 Å². The molecule has 2 heterocycles. The van der Waals surface area contributed by atoms with Gasteiger partial charge in [0.15, 0.2) is 0 Å². The van der Waals surface area contributed by atoms with Crippen LogP contribution in [0.1, 0.15) is 30.9 Å². The van der Waals surface area contributed by atoms with Crippen molar-refractivity contribution < 1.29 is 27.8 Å². The summed E-state index contributed by atoms with van der Waals surface area (Å²) >= 11 is 0.979. The first-order valence-corrected chi connectivity index (χ1v) is 11.9. The van der Waals surface area contributed by atoms with Crippen LogP contribution in [0.15, 0.2) is 58.9 Å². The number of fused-ring (bicyclic) bond motifs is 1. The van der Waals surface area contributed by atoms with Crippen LogP contribution >= 0.6 is 11.3 Å². The van der Waals surface area contributed by atoms with Crippen molar-refractivity contribution in [3.8, 4) is 0 Å². The fourth-order valence-corrected chi connectivity index (χ4v) is 5.13. The molecule has 0 fully saturated rings. The number of hydrogen-bond acceptors (Lipinski definition) is 7. The van der Waals surface area contributed by atoms with Gasteiger partial charge < -0.3 is 15.2 Å². The number of ether oxygens (including phenoxy) is 2. The van der Waals surface area contributed by atoms with Gasteiger partial charge in [-0.15, -0.1) is 11.3 Å². The molecule has 0 saturated heterocycles. The van der Waals surface area contributed by atoms with Crippen LogP contribution in [0.25, 0.3) is 17.5 Å². The molecule has 0 spiro atoms. The Bertz CT molecular complexity index is 1540. The summed E-state index contributed by atoms with van der Waals surface area (Å²) in [6.45, 7) is 3.30. The standard InChI is InChI=1S/C26H22F2N2O5S/c1-3-34-25(32)20-19(15-7-11-17(28)12-8-15)21(26(33)35-4-2)24-30(22(20)29)23(31)18(36-24)13-14-5-9-16(27)10-6-14/h5-13,19H,3-4,29H2,1-2H3. The van der Waals surface area contributed by atoms with E-state index < -0.39 is 35.1 Å². The first-order chi connectivity index (χ1) is 17.3. The van der Waals surface area contributed by atoms with E-state index in [0.717, 1.165) is 15.9 Å². The van der Waals surface area contributed by atoms with Gasteiger partial charge in [0.2, 0.25) is 0 Å². The van der Waals surface area contributed by atoms with Gasteiger partial charge in [0.1, 0.15) is 22.1 Å². The maximum atomic E-state index is 13.7. The minimum Gasteiger partial charge on any atom is -0.463 e. The average molecular weight is 513 g/mol. The maximum absolute atomic E-state index is 13.7. The van der Waals surface area contributed by atoms with Crippen LogP contribution in [0.5, 0.6) is 0 Å². The maximum Gasteiger partial charge on any atom is 0.338 e. The summed E-state index contributed by atoms with van der Waals surface area (Å²) in [5, 5.41) is 0. The average Bonchev–Trinajstić information content (AvgIpc) is 3.17. The van der Waals surface area contributed by atoms with E-state index in [1.165, 1.54) is 54.6 Å². The van der Waals surface area contributed by atoms with Gasteiger partial charge in [-0.05, 0) is 55.3 Å². The number of halogens is 2. The molecule has 10 heteroatoms. The number of esters is 2. The van der Waals surface area contributed by atoms with Crippen LogP contribution in [0.3, 0.4) is 0 Å². The monoisotopic (exact) mass is 512 g/mol. The second-order valence-electron chi connectivity index (χ2n) is 7.75. The lowest BCUT2D eigenvalue weighted by atomic mass is 9.83. The zero-order valence-electron chi connectivity index (χ0n) is 19.4. The molecule has 0 radical (unpaired) electrons. The highest BCUT2D eigenvalue weighted by Crippen LogP contribution is 2.37. The molecule has 0 amide bonds. The lowest BCUT2D eigenvalue weighted by Crippen LogP contribution is -2.42. The second-order valence-corrected chi connectivity index (χ2v) is 8.78. The van der Waals surface area contributed by atoms with Crippen molar-refractivity contribution in [2.24, 2.45) is 5.73 Å². The highest BCUT2D eigenvalue weighted by molar-refractivity contribution is 7.07. The van der Waals surface area contributed by atoms with Crippen molar-refractivity contribution in [3.63, 3.8) is 0 Å². The van der Waals surface area contributed by atoms with Gasteiger partial charge in [0.05, 0.1) is 34.8 Å². The summed E-state index contributed by atoms with van der Waals surface area (Å²) in [4.78, 5) is 39.8. The molecular weight excluding hydrogens is 490 g/mol. The lowest BCUT2D eigenvalue weighted by molar-refractivity contribution is -0.138. The number of thiazole rings is 1. The van der Waals surface area contributed by atoms with Gasteiger partial charge in [-0.3, -0.25) is 9.36 Å². The topological polar surface area (TPSA) is 101 Å². The number of carbonyl (C=O) groups excluding carboxylic acids is 2. The Morgan fingerprint density at radius 3 is 2.03 bits per heavy atom. The normalized spacial score (nSPS) is 15.6. The molecule has 2 aromatic carbocycles. The summed E-state index contributed by atoms with van der Waals surface area (Å²) < 4.78 is 39.0. The Hall–Kier alpha value is -4.05. The molecule has 0 aliphatic carbocycles. The first kappa shape index (κ1) is 25.1. The summed E-state index contributed by atoms with van der Waals surface area (Å²) in [7, 11) is 0. The Kier molecular flexibility index (Phi) is 7.16. The fraction of sp³-hybridized carbons (Fsp3) is 0.192. The predicted octanol–water partition coefficient (Wildman–Crippen LogP) is 2.22. The number of aromatic nitrogens is 1. The van der Waals surface area contributed by atoms with Gasteiger partial charge in [0.25, 0.3) is 5.56 Å². The zero-order valence-corrected chi connectivity index (χ0v) is 20.2. The van der Waals surface area contributed by atoms with Crippen molar-refractivity contribution in [2.75, 3.05) is 13.2 Å². The molecule has 1 aliphatic heterocycles. The SMILES string of the molecule is CCOC(=O)C1=C(N)n2c(sc(=Cc3ccc(F)cc3)c2=O)=C(C(=O)OCC)C1c1ccc(F)cc1. The molecule has 1 aliphatic rings. The minimum absolute atomic E-state index is 0.00145. The number of hydrogen-bond donors (Lipinski definition) is 1. The van der Waals surface area contributed by atoms with Crippen LogP contribution in [-0.4, -0.2) is 29.7 Å². The highest BCUT2D eigenvalue weighted by atomic mass is 32.1. The molecular formula is C26H22F2N2O5S. The Morgan fingerprint density at radius 2 is 1.47 bits per heavy atom. The van der Waals surface area contributed by atoms with E-state index in [-0.39, 0.29) is 39.4 Å². The molecule has 0 bridgehead atoms. The van der Waals surface area contributed by atoms with Crippen LogP contribution in [-0.2, 0) is 19.1 Å². The van der Waals surface area contributed by atoms with Crippen molar-refractivity contribution in [3.05, 3.63) is 96.4 Å². The van der Waals surface area contributed by atoms with Crippen molar-refractivity contribution in [1.82, 2.24) is 4.57 Å². The minimum atomic E-state index is -1.07. The molecule has 1 unspecified atom stereocenters. The molecule has 186 valence electrons. The number of rotatable bonds is 6. The van der Waals surface area contributed by atoms with Crippen LogP contribution in [0.2, 0.25) is 0 Å². The number of benzene rings is 2. The van der Waals surface area contributed by atoms with Crippen molar-refractivity contribution in [1.29, 1.82) is 0 Å². The van der Waals surface area contributed by atoms with E-state index >= 15 is 0 Å². The van der Waals surface area contributed by atoms with Crippen LogP contribution in [0, 0.1) is 11.6 Å². The van der Waals surface area contributed by atoms with E-state index in [1.807, 2.05) is 0 Å². The summed E-state index contributed by atoms with van der Waals surface area (Å²) in [6.07, 6.45) is 1.53. The van der Waals surface area contributed by atoms with Crippen LogP contribution in [0.4, 0.5) is 8.78 Å². The molecule has 1 atom stereocenters. The van der Waals surface area contributed by atoms with E-state index in [1.54, 1.807) is 13.8 Å². The highest BCUT2D eigenvalue weighted by Gasteiger charge is 2.39. The molecule has 1 aromatic heterocycles. The first-order valence-electron chi connectivity index (χ1n) is 11.1. The van der Waals surface area contributed by atoms with E-state index in [9.17, 15) is 23.2 Å². The Morgan fingerprint density at radius 1 is 0.944 bits per heavy atom. The van der Waals surface area contributed by atoms with Crippen molar-refractivity contribution in [2.45, 2.75) is 19.8 Å². The second kappa shape index (κ2) is 10.3. The van der Waals surface area contributed by atoms with E-state index in [2.05, 4.69) is 0 Å². The molecule has 7 nitrogen and oxygen atoms in total. The van der Waals surface area contributed by atoms with Gasteiger partial charge in [-0.2, -0.15) is 0 Å². The molecule has 3 aromatic rings. The van der Waals surface area contributed by atoms with Gasteiger partial charge in [-0.25, -0.2) is 18.4 Å². The third-order valence-corrected chi connectivity index (χ3v) is 6.62. The molecule has 2 N–H and O–H groups in total.